The maximum atomic E-state index is 12.2. The van der Waals surface area contributed by atoms with Gasteiger partial charge in [-0.05, 0) is 43.7 Å². The quantitative estimate of drug-likeness (QED) is 0.434. The first-order valence-electron chi connectivity index (χ1n) is 8.79. The molecule has 1 heterocycles. The molecule has 0 unspecified atom stereocenters. The number of aromatic nitrogens is 1. The second-order valence-corrected chi connectivity index (χ2v) is 7.75. The van der Waals surface area contributed by atoms with E-state index in [1.54, 1.807) is 32.4 Å². The van der Waals surface area contributed by atoms with E-state index in [4.69, 9.17) is 21.1 Å². The number of benzene rings is 2. The van der Waals surface area contributed by atoms with E-state index >= 15 is 0 Å². The van der Waals surface area contributed by atoms with Crippen molar-refractivity contribution in [2.75, 3.05) is 7.11 Å². The third kappa shape index (κ3) is 5.34. The Morgan fingerprint density at radius 3 is 2.72 bits per heavy atom. The Balaban J connectivity index is 1.69. The molecule has 0 saturated heterocycles. The van der Waals surface area contributed by atoms with Gasteiger partial charge in [0.25, 0.3) is 5.91 Å². The lowest BCUT2D eigenvalue weighted by atomic mass is 10.2. The molecule has 0 atom stereocenters. The number of carbonyl (C=O) groups excluding carboxylic acids is 1. The van der Waals surface area contributed by atoms with Crippen LogP contribution >= 0.6 is 22.9 Å². The van der Waals surface area contributed by atoms with Gasteiger partial charge in [0.2, 0.25) is 0 Å². The lowest BCUT2D eigenvalue weighted by Crippen LogP contribution is -2.17. The van der Waals surface area contributed by atoms with E-state index in [2.05, 4.69) is 15.5 Å². The van der Waals surface area contributed by atoms with Crippen LogP contribution in [0.15, 0.2) is 47.6 Å². The molecular weight excluding hydrogens is 410 g/mol. The summed E-state index contributed by atoms with van der Waals surface area (Å²) in [6, 6.07) is 12.9. The molecule has 29 heavy (non-hydrogen) atoms. The summed E-state index contributed by atoms with van der Waals surface area (Å²) in [5.74, 6) is 0.860. The summed E-state index contributed by atoms with van der Waals surface area (Å²) in [5, 5.41) is 5.51. The Hall–Kier alpha value is -2.90. The smallest absolute Gasteiger partial charge is 0.283 e. The number of nitrogens with zero attached hydrogens (tertiary/aromatic N) is 2. The fourth-order valence-electron chi connectivity index (χ4n) is 2.62. The fraction of sp³-hybridized carbons (Fsp3) is 0.190. The molecule has 0 fully saturated rings. The normalized spacial score (nSPS) is 10.9. The Kier molecular flexibility index (Phi) is 6.85. The highest BCUT2D eigenvalue weighted by Crippen LogP contribution is 2.29. The topological polar surface area (TPSA) is 72.8 Å². The van der Waals surface area contributed by atoms with Gasteiger partial charge in [0.15, 0.2) is 11.5 Å². The van der Waals surface area contributed by atoms with Crippen LogP contribution in [0.25, 0.3) is 0 Å². The van der Waals surface area contributed by atoms with Gasteiger partial charge in [-0.2, -0.15) is 5.10 Å². The molecule has 0 bridgehead atoms. The van der Waals surface area contributed by atoms with Gasteiger partial charge in [0, 0.05) is 10.6 Å². The zero-order chi connectivity index (χ0) is 20.8. The standard InChI is InChI=1S/C21H20ClN3O3S/c1-13-20(29-14(2)24-13)21(26)25-23-11-15-8-9-18(27-3)19(10-15)28-12-16-6-4-5-7-17(16)22/h4-11H,12H2,1-3H3,(H,25,26)/b23-11+. The molecule has 3 rings (SSSR count). The van der Waals surface area contributed by atoms with Crippen LogP contribution in [-0.4, -0.2) is 24.2 Å². The lowest BCUT2D eigenvalue weighted by molar-refractivity contribution is 0.0958. The molecule has 1 N–H and O–H groups in total. The Morgan fingerprint density at radius 2 is 2.03 bits per heavy atom. The van der Waals surface area contributed by atoms with Crippen LogP contribution in [0, 0.1) is 13.8 Å². The number of hydrogen-bond donors (Lipinski definition) is 1. The van der Waals surface area contributed by atoms with Crippen molar-refractivity contribution in [1.82, 2.24) is 10.4 Å². The minimum atomic E-state index is -0.284. The number of amides is 1. The number of aryl methyl sites for hydroxylation is 2. The van der Waals surface area contributed by atoms with Crippen molar-refractivity contribution in [2.45, 2.75) is 20.5 Å². The minimum Gasteiger partial charge on any atom is -0.493 e. The van der Waals surface area contributed by atoms with E-state index in [0.717, 1.165) is 16.1 Å². The van der Waals surface area contributed by atoms with Crippen molar-refractivity contribution >= 4 is 35.1 Å². The number of nitrogens with one attached hydrogen (secondary N) is 1. The van der Waals surface area contributed by atoms with Gasteiger partial charge in [-0.15, -0.1) is 11.3 Å². The Bertz CT molecular complexity index is 1050. The monoisotopic (exact) mass is 429 g/mol. The molecule has 0 spiro atoms. The summed E-state index contributed by atoms with van der Waals surface area (Å²) in [6.45, 7) is 3.96. The average molecular weight is 430 g/mol. The van der Waals surface area contributed by atoms with Gasteiger partial charge >= 0.3 is 0 Å². The van der Waals surface area contributed by atoms with Crippen molar-refractivity contribution in [3.63, 3.8) is 0 Å². The van der Waals surface area contributed by atoms with Crippen LogP contribution in [0.4, 0.5) is 0 Å². The van der Waals surface area contributed by atoms with Crippen LogP contribution in [-0.2, 0) is 6.61 Å². The van der Waals surface area contributed by atoms with Gasteiger partial charge in [0.1, 0.15) is 11.5 Å². The molecule has 6 nitrogen and oxygen atoms in total. The van der Waals surface area contributed by atoms with E-state index in [0.29, 0.717) is 33.7 Å². The molecule has 3 aromatic rings. The highest BCUT2D eigenvalue weighted by Gasteiger charge is 2.13. The molecule has 0 aliphatic rings. The summed E-state index contributed by atoms with van der Waals surface area (Å²) in [4.78, 5) is 17.0. The maximum Gasteiger partial charge on any atom is 0.283 e. The van der Waals surface area contributed by atoms with Crippen LogP contribution in [0.2, 0.25) is 5.02 Å². The molecule has 8 heteroatoms. The van der Waals surface area contributed by atoms with Gasteiger partial charge in [-0.1, -0.05) is 29.8 Å². The molecule has 150 valence electrons. The molecular formula is C21H20ClN3O3S. The van der Waals surface area contributed by atoms with Crippen LogP contribution < -0.4 is 14.9 Å². The molecule has 0 aliphatic carbocycles. The first-order chi connectivity index (χ1) is 14.0. The van der Waals surface area contributed by atoms with Gasteiger partial charge in [-0.3, -0.25) is 4.79 Å². The molecule has 2 aromatic carbocycles. The van der Waals surface area contributed by atoms with Gasteiger partial charge < -0.3 is 9.47 Å². The zero-order valence-corrected chi connectivity index (χ0v) is 17.8. The second-order valence-electron chi connectivity index (χ2n) is 6.14. The predicted molar refractivity (Wildman–Crippen MR) is 115 cm³/mol. The highest BCUT2D eigenvalue weighted by molar-refractivity contribution is 7.13. The third-order valence-electron chi connectivity index (χ3n) is 4.02. The highest BCUT2D eigenvalue weighted by atomic mass is 35.5. The Morgan fingerprint density at radius 1 is 1.24 bits per heavy atom. The number of methoxy groups -OCH3 is 1. The number of hydrazone groups is 1. The SMILES string of the molecule is COc1ccc(/C=N/NC(=O)c2sc(C)nc2C)cc1OCc1ccccc1Cl. The summed E-state index contributed by atoms with van der Waals surface area (Å²) >= 11 is 7.52. The first kappa shape index (κ1) is 20.8. The van der Waals surface area contributed by atoms with E-state index in [1.807, 2.05) is 37.3 Å². The third-order valence-corrected chi connectivity index (χ3v) is 5.46. The number of halogens is 1. The van der Waals surface area contributed by atoms with E-state index in [1.165, 1.54) is 11.3 Å². The van der Waals surface area contributed by atoms with Crippen molar-refractivity contribution in [1.29, 1.82) is 0 Å². The zero-order valence-electron chi connectivity index (χ0n) is 16.2. The number of rotatable bonds is 7. The van der Waals surface area contributed by atoms with Gasteiger partial charge in [0.05, 0.1) is 24.0 Å². The van der Waals surface area contributed by atoms with Gasteiger partial charge in [-0.25, -0.2) is 10.4 Å². The largest absolute Gasteiger partial charge is 0.493 e. The summed E-state index contributed by atoms with van der Waals surface area (Å²) < 4.78 is 11.2. The van der Waals surface area contributed by atoms with Crippen molar-refractivity contribution in [3.8, 4) is 11.5 Å². The second kappa shape index (κ2) is 9.54. The van der Waals surface area contributed by atoms with Crippen molar-refractivity contribution in [3.05, 3.63) is 74.2 Å². The summed E-state index contributed by atoms with van der Waals surface area (Å²) in [7, 11) is 1.57. The average Bonchev–Trinajstić information content (AvgIpc) is 3.05. The summed E-state index contributed by atoms with van der Waals surface area (Å²) in [5.41, 5.74) is 4.84. The molecule has 0 radical (unpaired) electrons. The number of carbonyl (C=O) groups is 1. The van der Waals surface area contributed by atoms with Crippen molar-refractivity contribution in [2.24, 2.45) is 5.10 Å². The molecule has 1 aromatic heterocycles. The lowest BCUT2D eigenvalue weighted by Gasteiger charge is -2.12. The molecule has 0 saturated carbocycles. The number of ether oxygens (including phenoxy) is 2. The molecule has 1 amide bonds. The minimum absolute atomic E-state index is 0.284. The first-order valence-corrected chi connectivity index (χ1v) is 9.99. The van der Waals surface area contributed by atoms with Crippen LogP contribution in [0.1, 0.15) is 31.5 Å². The predicted octanol–water partition coefficient (Wildman–Crippen LogP) is 4.76. The number of hydrogen-bond acceptors (Lipinski definition) is 6. The maximum absolute atomic E-state index is 12.2. The van der Waals surface area contributed by atoms with E-state index < -0.39 is 0 Å². The Labute approximate surface area is 178 Å². The number of thiazole rings is 1. The van der Waals surface area contributed by atoms with E-state index in [9.17, 15) is 4.79 Å². The summed E-state index contributed by atoms with van der Waals surface area (Å²) in [6.07, 6.45) is 1.54. The molecule has 0 aliphatic heterocycles. The fourth-order valence-corrected chi connectivity index (χ4v) is 3.62. The van der Waals surface area contributed by atoms with Crippen LogP contribution in [0.3, 0.4) is 0 Å². The van der Waals surface area contributed by atoms with E-state index in [-0.39, 0.29) is 5.91 Å². The van der Waals surface area contributed by atoms with Crippen molar-refractivity contribution < 1.29 is 14.3 Å². The van der Waals surface area contributed by atoms with Crippen LogP contribution in [0.5, 0.6) is 11.5 Å².